The van der Waals surface area contributed by atoms with Crippen LogP contribution in [0.1, 0.15) is 33.6 Å². The third kappa shape index (κ3) is 3.35. The van der Waals surface area contributed by atoms with Gasteiger partial charge in [0.1, 0.15) is 6.04 Å². The van der Waals surface area contributed by atoms with Crippen LogP contribution in [0.4, 0.5) is 4.79 Å². The van der Waals surface area contributed by atoms with Crippen molar-refractivity contribution in [3.8, 4) is 0 Å². The monoisotopic (exact) mass is 242 g/mol. The molecule has 5 nitrogen and oxygen atoms in total. The van der Waals surface area contributed by atoms with Crippen molar-refractivity contribution in [2.24, 2.45) is 5.92 Å². The normalized spacial score (nSPS) is 19.8. The Hall–Kier alpha value is -1.26. The number of amides is 2. The fourth-order valence-electron chi connectivity index (χ4n) is 2.22. The average Bonchev–Trinajstić information content (AvgIpc) is 2.73. The van der Waals surface area contributed by atoms with E-state index in [9.17, 15) is 9.59 Å². The van der Waals surface area contributed by atoms with Crippen molar-refractivity contribution in [1.29, 1.82) is 0 Å². The Labute approximate surface area is 102 Å². The van der Waals surface area contributed by atoms with Gasteiger partial charge in [-0.25, -0.2) is 9.59 Å². The molecule has 2 amide bonds. The van der Waals surface area contributed by atoms with E-state index in [0.717, 1.165) is 6.42 Å². The number of carboxylic acids is 1. The van der Waals surface area contributed by atoms with Gasteiger partial charge in [-0.15, -0.1) is 0 Å². The van der Waals surface area contributed by atoms with Crippen LogP contribution in [0.5, 0.6) is 0 Å². The highest BCUT2D eigenvalue weighted by Gasteiger charge is 2.35. The number of carbonyl (C=O) groups is 2. The summed E-state index contributed by atoms with van der Waals surface area (Å²) in [5.74, 6) is -0.499. The Morgan fingerprint density at radius 3 is 2.59 bits per heavy atom. The van der Waals surface area contributed by atoms with Crippen molar-refractivity contribution in [2.75, 3.05) is 19.6 Å². The van der Waals surface area contributed by atoms with E-state index < -0.39 is 12.0 Å². The van der Waals surface area contributed by atoms with Gasteiger partial charge in [-0.2, -0.15) is 0 Å². The van der Waals surface area contributed by atoms with Crippen molar-refractivity contribution < 1.29 is 14.7 Å². The molecule has 1 N–H and O–H groups in total. The van der Waals surface area contributed by atoms with E-state index in [1.807, 2.05) is 6.92 Å². The standard InChI is InChI=1S/C12H22N2O3/c1-4-13(8-9(2)3)12(17)14-7-5-6-10(14)11(15)16/h9-10H,4-8H2,1-3H3,(H,15,16)/t10-/m1/s1. The number of urea groups is 1. The van der Waals surface area contributed by atoms with Gasteiger partial charge in [0.15, 0.2) is 0 Å². The summed E-state index contributed by atoms with van der Waals surface area (Å²) in [5, 5.41) is 9.06. The summed E-state index contributed by atoms with van der Waals surface area (Å²) in [6.07, 6.45) is 1.35. The highest BCUT2D eigenvalue weighted by molar-refractivity contribution is 5.83. The fourth-order valence-corrected chi connectivity index (χ4v) is 2.22. The van der Waals surface area contributed by atoms with Crippen LogP contribution in [0.2, 0.25) is 0 Å². The molecule has 1 atom stereocenters. The summed E-state index contributed by atoms with van der Waals surface area (Å²) in [4.78, 5) is 26.5. The van der Waals surface area contributed by atoms with E-state index in [-0.39, 0.29) is 6.03 Å². The molecule has 17 heavy (non-hydrogen) atoms. The number of rotatable bonds is 4. The number of aliphatic carboxylic acids is 1. The van der Waals surface area contributed by atoms with Gasteiger partial charge >= 0.3 is 12.0 Å². The number of nitrogens with zero attached hydrogens (tertiary/aromatic N) is 2. The van der Waals surface area contributed by atoms with Gasteiger partial charge in [0.05, 0.1) is 0 Å². The molecule has 1 rings (SSSR count). The number of hydrogen-bond acceptors (Lipinski definition) is 2. The number of carboxylic acid groups (broad SMARTS) is 1. The van der Waals surface area contributed by atoms with Gasteiger partial charge in [0, 0.05) is 19.6 Å². The molecule has 0 spiro atoms. The second-order valence-electron chi connectivity index (χ2n) is 4.90. The lowest BCUT2D eigenvalue weighted by Gasteiger charge is -2.30. The smallest absolute Gasteiger partial charge is 0.326 e. The summed E-state index contributed by atoms with van der Waals surface area (Å²) >= 11 is 0. The molecular formula is C12H22N2O3. The summed E-state index contributed by atoms with van der Waals surface area (Å²) in [7, 11) is 0. The van der Waals surface area contributed by atoms with Crippen LogP contribution in [0.15, 0.2) is 0 Å². The predicted molar refractivity (Wildman–Crippen MR) is 64.8 cm³/mol. The van der Waals surface area contributed by atoms with Crippen molar-refractivity contribution in [3.05, 3.63) is 0 Å². The van der Waals surface area contributed by atoms with Crippen LogP contribution >= 0.6 is 0 Å². The molecule has 0 radical (unpaired) electrons. The van der Waals surface area contributed by atoms with Crippen LogP contribution in [-0.4, -0.2) is 52.6 Å². The number of hydrogen-bond donors (Lipinski definition) is 1. The van der Waals surface area contributed by atoms with Gasteiger partial charge in [-0.05, 0) is 25.7 Å². The molecule has 0 aromatic heterocycles. The van der Waals surface area contributed by atoms with Gasteiger partial charge in [-0.1, -0.05) is 13.8 Å². The van der Waals surface area contributed by atoms with Crippen LogP contribution in [0, 0.1) is 5.92 Å². The molecule has 1 fully saturated rings. The molecule has 0 aromatic carbocycles. The highest BCUT2D eigenvalue weighted by Crippen LogP contribution is 2.19. The minimum atomic E-state index is -0.892. The van der Waals surface area contributed by atoms with E-state index in [1.165, 1.54) is 4.90 Å². The van der Waals surface area contributed by atoms with Gasteiger partial charge in [-0.3, -0.25) is 0 Å². The van der Waals surface area contributed by atoms with Crippen molar-refractivity contribution in [3.63, 3.8) is 0 Å². The first kappa shape index (κ1) is 13.8. The molecule has 1 aliphatic rings. The third-order valence-electron chi connectivity index (χ3n) is 3.02. The van der Waals surface area contributed by atoms with E-state index in [2.05, 4.69) is 13.8 Å². The molecule has 1 saturated heterocycles. The molecule has 0 saturated carbocycles. The van der Waals surface area contributed by atoms with E-state index >= 15 is 0 Å². The summed E-state index contributed by atoms with van der Waals surface area (Å²) in [6, 6.07) is -0.769. The molecule has 1 heterocycles. The first-order chi connectivity index (χ1) is 7.97. The zero-order valence-corrected chi connectivity index (χ0v) is 10.8. The lowest BCUT2D eigenvalue weighted by Crippen LogP contribution is -2.48. The Morgan fingerprint density at radius 2 is 2.12 bits per heavy atom. The van der Waals surface area contributed by atoms with E-state index in [0.29, 0.717) is 32.0 Å². The molecule has 0 bridgehead atoms. The maximum atomic E-state index is 12.2. The highest BCUT2D eigenvalue weighted by atomic mass is 16.4. The lowest BCUT2D eigenvalue weighted by molar-refractivity contribution is -0.141. The van der Waals surface area contributed by atoms with Crippen molar-refractivity contribution in [2.45, 2.75) is 39.7 Å². The van der Waals surface area contributed by atoms with Gasteiger partial charge < -0.3 is 14.9 Å². The third-order valence-corrected chi connectivity index (χ3v) is 3.02. The number of likely N-dealkylation sites (tertiary alicyclic amines) is 1. The minimum Gasteiger partial charge on any atom is -0.480 e. The molecule has 98 valence electrons. The topological polar surface area (TPSA) is 60.9 Å². The van der Waals surface area contributed by atoms with Crippen molar-refractivity contribution in [1.82, 2.24) is 9.80 Å². The first-order valence-corrected chi connectivity index (χ1v) is 6.25. The fraction of sp³-hybridized carbons (Fsp3) is 0.833. The first-order valence-electron chi connectivity index (χ1n) is 6.25. The minimum absolute atomic E-state index is 0.133. The Bertz CT molecular complexity index is 291. The quantitative estimate of drug-likeness (QED) is 0.815. The SMILES string of the molecule is CCN(CC(C)C)C(=O)N1CCC[C@@H]1C(=O)O. The summed E-state index contributed by atoms with van der Waals surface area (Å²) in [6.45, 7) is 7.89. The zero-order valence-electron chi connectivity index (χ0n) is 10.8. The second-order valence-corrected chi connectivity index (χ2v) is 4.90. The molecular weight excluding hydrogens is 220 g/mol. The second kappa shape index (κ2) is 5.89. The van der Waals surface area contributed by atoms with Gasteiger partial charge in [0.2, 0.25) is 0 Å². The molecule has 0 aliphatic carbocycles. The lowest BCUT2D eigenvalue weighted by atomic mass is 10.2. The van der Waals surface area contributed by atoms with E-state index in [1.54, 1.807) is 4.90 Å². The Balaban J connectivity index is 2.69. The number of carbonyl (C=O) groups excluding carboxylic acids is 1. The zero-order chi connectivity index (χ0) is 13.0. The molecule has 0 unspecified atom stereocenters. The maximum absolute atomic E-state index is 12.2. The van der Waals surface area contributed by atoms with E-state index in [4.69, 9.17) is 5.11 Å². The maximum Gasteiger partial charge on any atom is 0.326 e. The van der Waals surface area contributed by atoms with Gasteiger partial charge in [0.25, 0.3) is 0 Å². The average molecular weight is 242 g/mol. The largest absolute Gasteiger partial charge is 0.480 e. The van der Waals surface area contributed by atoms with Crippen molar-refractivity contribution >= 4 is 12.0 Å². The predicted octanol–water partition coefficient (Wildman–Crippen LogP) is 1.63. The van der Waals surface area contributed by atoms with Crippen LogP contribution in [0.3, 0.4) is 0 Å². The molecule has 1 aliphatic heterocycles. The van der Waals surface area contributed by atoms with Crippen LogP contribution < -0.4 is 0 Å². The Morgan fingerprint density at radius 1 is 1.47 bits per heavy atom. The Kier molecular flexibility index (Phi) is 4.78. The van der Waals surface area contributed by atoms with Crippen LogP contribution in [0.25, 0.3) is 0 Å². The molecule has 0 aromatic rings. The summed E-state index contributed by atoms with van der Waals surface area (Å²) in [5.41, 5.74) is 0. The molecule has 5 heteroatoms. The summed E-state index contributed by atoms with van der Waals surface area (Å²) < 4.78 is 0. The van der Waals surface area contributed by atoms with Crippen LogP contribution in [-0.2, 0) is 4.79 Å².